The molecular weight excluding hydrogens is 272 g/mol. The lowest BCUT2D eigenvalue weighted by Crippen LogP contribution is -2.06. The van der Waals surface area contributed by atoms with Crippen molar-refractivity contribution in [1.82, 2.24) is 4.98 Å². The SMILES string of the molecule is Cc1cnc(COc2c(C)cc(Cl)cc2C)c(C)c1N. The Morgan fingerprint density at radius 1 is 1.10 bits per heavy atom. The Kier molecular flexibility index (Phi) is 4.19. The lowest BCUT2D eigenvalue weighted by atomic mass is 10.1. The standard InChI is InChI=1S/C16H19ClN2O/c1-9-5-13(17)6-10(2)16(9)20-8-14-12(4)15(18)11(3)7-19-14/h5-7H,8H2,1-4H3,(H2,18,19). The summed E-state index contributed by atoms with van der Waals surface area (Å²) in [5.41, 5.74) is 11.7. The van der Waals surface area contributed by atoms with E-state index in [4.69, 9.17) is 22.1 Å². The van der Waals surface area contributed by atoms with Gasteiger partial charge in [-0.1, -0.05) is 11.6 Å². The lowest BCUT2D eigenvalue weighted by molar-refractivity contribution is 0.296. The molecule has 0 atom stereocenters. The minimum atomic E-state index is 0.402. The Morgan fingerprint density at radius 3 is 2.30 bits per heavy atom. The zero-order chi connectivity index (χ0) is 14.9. The Bertz CT molecular complexity index is 630. The smallest absolute Gasteiger partial charge is 0.131 e. The van der Waals surface area contributed by atoms with Crippen molar-refractivity contribution in [2.45, 2.75) is 34.3 Å². The van der Waals surface area contributed by atoms with Crippen LogP contribution in [0, 0.1) is 27.7 Å². The van der Waals surface area contributed by atoms with Crippen LogP contribution in [0.5, 0.6) is 5.75 Å². The molecule has 4 heteroatoms. The van der Waals surface area contributed by atoms with Crippen LogP contribution in [0.2, 0.25) is 5.02 Å². The van der Waals surface area contributed by atoms with E-state index >= 15 is 0 Å². The van der Waals surface area contributed by atoms with Crippen molar-refractivity contribution in [2.75, 3.05) is 5.73 Å². The van der Waals surface area contributed by atoms with Crippen molar-refractivity contribution in [3.63, 3.8) is 0 Å². The van der Waals surface area contributed by atoms with Gasteiger partial charge in [0.15, 0.2) is 0 Å². The third-order valence-electron chi connectivity index (χ3n) is 3.45. The van der Waals surface area contributed by atoms with Crippen molar-refractivity contribution < 1.29 is 4.74 Å². The maximum atomic E-state index is 6.02. The molecule has 0 bridgehead atoms. The Balaban J connectivity index is 2.24. The van der Waals surface area contributed by atoms with Gasteiger partial charge in [-0.2, -0.15) is 0 Å². The fraction of sp³-hybridized carbons (Fsp3) is 0.312. The Labute approximate surface area is 124 Å². The molecule has 0 amide bonds. The highest BCUT2D eigenvalue weighted by atomic mass is 35.5. The number of nitrogens with zero attached hydrogens (tertiary/aromatic N) is 1. The largest absolute Gasteiger partial charge is 0.487 e. The number of hydrogen-bond donors (Lipinski definition) is 1. The van der Waals surface area contributed by atoms with Crippen LogP contribution in [0.1, 0.15) is 27.9 Å². The number of pyridine rings is 1. The molecule has 1 aromatic carbocycles. The molecule has 106 valence electrons. The van der Waals surface area contributed by atoms with Gasteiger partial charge in [0.25, 0.3) is 0 Å². The van der Waals surface area contributed by atoms with Gasteiger partial charge in [0, 0.05) is 16.9 Å². The number of halogens is 1. The number of aryl methyl sites for hydroxylation is 3. The molecule has 0 fully saturated rings. The fourth-order valence-corrected chi connectivity index (χ4v) is 2.53. The van der Waals surface area contributed by atoms with Crippen LogP contribution in [0.4, 0.5) is 5.69 Å². The first kappa shape index (κ1) is 14.7. The van der Waals surface area contributed by atoms with Crippen LogP contribution < -0.4 is 10.5 Å². The number of rotatable bonds is 3. The molecule has 0 spiro atoms. The molecule has 0 saturated heterocycles. The number of hydrogen-bond acceptors (Lipinski definition) is 3. The average Bonchev–Trinajstić information content (AvgIpc) is 2.37. The van der Waals surface area contributed by atoms with E-state index in [0.717, 1.165) is 44.4 Å². The summed E-state index contributed by atoms with van der Waals surface area (Å²) in [6, 6.07) is 3.79. The van der Waals surface area contributed by atoms with E-state index in [1.165, 1.54) is 0 Å². The second-order valence-corrected chi connectivity index (χ2v) is 5.52. The van der Waals surface area contributed by atoms with Gasteiger partial charge in [0.2, 0.25) is 0 Å². The van der Waals surface area contributed by atoms with E-state index in [2.05, 4.69) is 4.98 Å². The van der Waals surface area contributed by atoms with Crippen LogP contribution in [-0.2, 0) is 6.61 Å². The van der Waals surface area contributed by atoms with E-state index in [1.54, 1.807) is 6.20 Å². The van der Waals surface area contributed by atoms with Crippen molar-refractivity contribution in [1.29, 1.82) is 0 Å². The van der Waals surface area contributed by atoms with Gasteiger partial charge in [-0.05, 0) is 62.1 Å². The second kappa shape index (κ2) is 5.71. The molecular formula is C16H19ClN2O. The van der Waals surface area contributed by atoms with Gasteiger partial charge in [-0.15, -0.1) is 0 Å². The van der Waals surface area contributed by atoms with Crippen molar-refractivity contribution in [2.24, 2.45) is 0 Å². The number of ether oxygens (including phenoxy) is 1. The van der Waals surface area contributed by atoms with Gasteiger partial charge in [-0.3, -0.25) is 4.98 Å². The van der Waals surface area contributed by atoms with Gasteiger partial charge < -0.3 is 10.5 Å². The second-order valence-electron chi connectivity index (χ2n) is 5.08. The van der Waals surface area contributed by atoms with Crippen LogP contribution in [0.15, 0.2) is 18.3 Å². The van der Waals surface area contributed by atoms with E-state index in [-0.39, 0.29) is 0 Å². The number of aromatic nitrogens is 1. The Hall–Kier alpha value is -1.74. The molecule has 0 aliphatic rings. The maximum absolute atomic E-state index is 6.02. The first-order valence-electron chi connectivity index (χ1n) is 6.50. The van der Waals surface area contributed by atoms with Gasteiger partial charge in [0.05, 0.1) is 5.69 Å². The summed E-state index contributed by atoms with van der Waals surface area (Å²) in [5, 5.41) is 0.723. The van der Waals surface area contributed by atoms with Gasteiger partial charge >= 0.3 is 0 Å². The monoisotopic (exact) mass is 290 g/mol. The first-order chi connectivity index (χ1) is 9.40. The molecule has 3 nitrogen and oxygen atoms in total. The topological polar surface area (TPSA) is 48.1 Å². The highest BCUT2D eigenvalue weighted by Gasteiger charge is 2.10. The predicted octanol–water partition coefficient (Wildman–Crippen LogP) is 4.13. The quantitative estimate of drug-likeness (QED) is 0.924. The molecule has 0 saturated carbocycles. The third kappa shape index (κ3) is 2.88. The van der Waals surface area contributed by atoms with E-state index in [1.807, 2.05) is 39.8 Å². The highest BCUT2D eigenvalue weighted by molar-refractivity contribution is 6.30. The van der Waals surface area contributed by atoms with Crippen LogP contribution in [0.3, 0.4) is 0 Å². The summed E-state index contributed by atoms with van der Waals surface area (Å²) in [6.45, 7) is 8.29. The van der Waals surface area contributed by atoms with Crippen LogP contribution in [-0.4, -0.2) is 4.98 Å². The van der Waals surface area contributed by atoms with Gasteiger partial charge in [0.1, 0.15) is 12.4 Å². The van der Waals surface area contributed by atoms with Crippen LogP contribution in [0.25, 0.3) is 0 Å². The zero-order valence-corrected chi connectivity index (χ0v) is 13.0. The molecule has 2 N–H and O–H groups in total. The molecule has 2 aromatic rings. The molecule has 0 radical (unpaired) electrons. The average molecular weight is 291 g/mol. The van der Waals surface area contributed by atoms with E-state index < -0.39 is 0 Å². The summed E-state index contributed by atoms with van der Waals surface area (Å²) in [4.78, 5) is 4.40. The number of benzene rings is 1. The molecule has 1 heterocycles. The minimum Gasteiger partial charge on any atom is -0.487 e. The predicted molar refractivity (Wildman–Crippen MR) is 83.4 cm³/mol. The normalized spacial score (nSPS) is 10.7. The Morgan fingerprint density at radius 2 is 1.70 bits per heavy atom. The van der Waals surface area contributed by atoms with Crippen molar-refractivity contribution in [3.8, 4) is 5.75 Å². The van der Waals surface area contributed by atoms with E-state index in [9.17, 15) is 0 Å². The summed E-state index contributed by atoms with van der Waals surface area (Å²) in [7, 11) is 0. The first-order valence-corrected chi connectivity index (χ1v) is 6.88. The molecule has 0 aliphatic heterocycles. The number of nitrogens with two attached hydrogens (primary N) is 1. The fourth-order valence-electron chi connectivity index (χ4n) is 2.20. The van der Waals surface area contributed by atoms with E-state index in [0.29, 0.717) is 6.61 Å². The number of nitrogen functional groups attached to an aromatic ring is 1. The van der Waals surface area contributed by atoms with Gasteiger partial charge in [-0.25, -0.2) is 0 Å². The minimum absolute atomic E-state index is 0.402. The molecule has 0 unspecified atom stereocenters. The zero-order valence-electron chi connectivity index (χ0n) is 12.2. The summed E-state index contributed by atoms with van der Waals surface area (Å²) in [5.74, 6) is 0.856. The summed E-state index contributed by atoms with van der Waals surface area (Å²) >= 11 is 6.02. The third-order valence-corrected chi connectivity index (χ3v) is 3.67. The molecule has 1 aromatic heterocycles. The molecule has 2 rings (SSSR count). The molecule has 0 aliphatic carbocycles. The molecule has 20 heavy (non-hydrogen) atoms. The maximum Gasteiger partial charge on any atom is 0.131 e. The van der Waals surface area contributed by atoms with Crippen LogP contribution >= 0.6 is 11.6 Å². The van der Waals surface area contributed by atoms with Crippen molar-refractivity contribution >= 4 is 17.3 Å². The highest BCUT2D eigenvalue weighted by Crippen LogP contribution is 2.28. The summed E-state index contributed by atoms with van der Waals surface area (Å²) < 4.78 is 5.91. The number of anilines is 1. The lowest BCUT2D eigenvalue weighted by Gasteiger charge is -2.14. The van der Waals surface area contributed by atoms with Crippen molar-refractivity contribution in [3.05, 3.63) is 51.3 Å². The summed E-state index contributed by atoms with van der Waals surface area (Å²) in [6.07, 6.45) is 1.78.